The zero-order valence-corrected chi connectivity index (χ0v) is 12.6. The molecule has 2 aromatic carbocycles. The number of anilines is 1. The van der Waals surface area contributed by atoms with Crippen LogP contribution in [0.2, 0.25) is 0 Å². The van der Waals surface area contributed by atoms with E-state index < -0.39 is 0 Å². The summed E-state index contributed by atoms with van der Waals surface area (Å²) in [7, 11) is 0. The summed E-state index contributed by atoms with van der Waals surface area (Å²) >= 11 is 3.49. The Morgan fingerprint density at radius 2 is 1.67 bits per heavy atom. The van der Waals surface area contributed by atoms with Gasteiger partial charge in [-0.25, -0.2) is 0 Å². The molecule has 2 aromatic rings. The second-order valence-corrected chi connectivity index (χ2v) is 5.66. The third kappa shape index (κ3) is 3.14. The molecule has 0 heterocycles. The zero-order valence-electron chi connectivity index (χ0n) is 11.0. The van der Waals surface area contributed by atoms with E-state index in [1.165, 1.54) is 22.3 Å². The van der Waals surface area contributed by atoms with E-state index in [0.717, 1.165) is 16.7 Å². The molecule has 2 rings (SSSR count). The number of hydrogen-bond donors (Lipinski definition) is 1. The van der Waals surface area contributed by atoms with Crippen molar-refractivity contribution in [2.24, 2.45) is 0 Å². The zero-order chi connectivity index (χ0) is 13.1. The van der Waals surface area contributed by atoms with Crippen molar-refractivity contribution in [1.82, 2.24) is 0 Å². The van der Waals surface area contributed by atoms with Gasteiger partial charge in [0.15, 0.2) is 0 Å². The fraction of sp³-hybridized carbons (Fsp3) is 0.250. The average Bonchev–Trinajstić information content (AvgIpc) is 2.27. The Morgan fingerprint density at radius 3 is 2.28 bits per heavy atom. The Labute approximate surface area is 117 Å². The minimum Gasteiger partial charge on any atom is -0.381 e. The Kier molecular flexibility index (Phi) is 4.07. The third-order valence-corrected chi connectivity index (χ3v) is 3.63. The number of nitrogens with one attached hydrogen (secondary N) is 1. The number of halogens is 1. The predicted octanol–water partition coefficient (Wildman–Crippen LogP) is 4.99. The van der Waals surface area contributed by atoms with Gasteiger partial charge in [0, 0.05) is 16.7 Å². The minimum absolute atomic E-state index is 0.869. The summed E-state index contributed by atoms with van der Waals surface area (Å²) in [5.74, 6) is 0. The molecule has 0 bridgehead atoms. The Hall–Kier alpha value is -1.28. The minimum atomic E-state index is 0.869. The Bertz CT molecular complexity index is 538. The largest absolute Gasteiger partial charge is 0.381 e. The summed E-state index contributed by atoms with van der Waals surface area (Å²) in [5.41, 5.74) is 6.57. The normalized spacial score (nSPS) is 10.4. The summed E-state index contributed by atoms with van der Waals surface area (Å²) in [6, 6.07) is 12.7. The van der Waals surface area contributed by atoms with Gasteiger partial charge in [0.05, 0.1) is 0 Å². The van der Waals surface area contributed by atoms with Crippen molar-refractivity contribution in [3.05, 3.63) is 63.1 Å². The maximum atomic E-state index is 3.49. The lowest BCUT2D eigenvalue weighted by molar-refractivity contribution is 1.08. The van der Waals surface area contributed by atoms with Crippen molar-refractivity contribution >= 4 is 21.6 Å². The molecule has 94 valence electrons. The van der Waals surface area contributed by atoms with Crippen LogP contribution in [-0.2, 0) is 6.54 Å². The van der Waals surface area contributed by atoms with E-state index >= 15 is 0 Å². The molecule has 0 aliphatic rings. The van der Waals surface area contributed by atoms with E-state index in [2.05, 4.69) is 66.3 Å². The van der Waals surface area contributed by atoms with Crippen LogP contribution in [0.1, 0.15) is 22.3 Å². The fourth-order valence-electron chi connectivity index (χ4n) is 2.28. The van der Waals surface area contributed by atoms with Crippen LogP contribution in [0, 0.1) is 20.8 Å². The number of aryl methyl sites for hydroxylation is 3. The summed E-state index contributed by atoms with van der Waals surface area (Å²) in [5, 5.41) is 3.47. The summed E-state index contributed by atoms with van der Waals surface area (Å²) in [4.78, 5) is 0. The molecular weight excluding hydrogens is 286 g/mol. The molecule has 0 aliphatic carbocycles. The summed E-state index contributed by atoms with van der Waals surface area (Å²) in [6.07, 6.45) is 0. The first kappa shape index (κ1) is 13.2. The lowest BCUT2D eigenvalue weighted by Gasteiger charge is -2.13. The van der Waals surface area contributed by atoms with Gasteiger partial charge in [0.2, 0.25) is 0 Å². The highest BCUT2D eigenvalue weighted by molar-refractivity contribution is 9.10. The highest BCUT2D eigenvalue weighted by Crippen LogP contribution is 2.20. The molecule has 0 saturated heterocycles. The molecule has 2 heteroatoms. The van der Waals surface area contributed by atoms with Gasteiger partial charge >= 0.3 is 0 Å². The van der Waals surface area contributed by atoms with Crippen molar-refractivity contribution < 1.29 is 0 Å². The summed E-state index contributed by atoms with van der Waals surface area (Å²) < 4.78 is 1.10. The molecule has 0 fully saturated rings. The molecule has 0 amide bonds. The molecule has 1 nitrogen and oxygen atoms in total. The van der Waals surface area contributed by atoms with Crippen LogP contribution in [0.3, 0.4) is 0 Å². The van der Waals surface area contributed by atoms with Crippen LogP contribution in [0.4, 0.5) is 5.69 Å². The second-order valence-electron chi connectivity index (χ2n) is 4.74. The van der Waals surface area contributed by atoms with E-state index in [0.29, 0.717) is 0 Å². The number of rotatable bonds is 3. The van der Waals surface area contributed by atoms with Crippen LogP contribution >= 0.6 is 15.9 Å². The lowest BCUT2D eigenvalue weighted by atomic mass is 10.00. The van der Waals surface area contributed by atoms with Gasteiger partial charge in [0.25, 0.3) is 0 Å². The maximum absolute atomic E-state index is 3.49. The van der Waals surface area contributed by atoms with Crippen LogP contribution in [0.5, 0.6) is 0 Å². The van der Waals surface area contributed by atoms with Crippen LogP contribution in [0.15, 0.2) is 40.9 Å². The van der Waals surface area contributed by atoms with Crippen molar-refractivity contribution in [3.63, 3.8) is 0 Å². The first-order chi connectivity index (χ1) is 8.56. The molecule has 0 saturated carbocycles. The summed E-state index contributed by atoms with van der Waals surface area (Å²) in [6.45, 7) is 7.37. The van der Waals surface area contributed by atoms with E-state index in [1.54, 1.807) is 0 Å². The highest BCUT2D eigenvalue weighted by atomic mass is 79.9. The van der Waals surface area contributed by atoms with Gasteiger partial charge in [-0.05, 0) is 55.7 Å². The van der Waals surface area contributed by atoms with Crippen molar-refractivity contribution in [1.29, 1.82) is 0 Å². The van der Waals surface area contributed by atoms with Crippen LogP contribution in [-0.4, -0.2) is 0 Å². The van der Waals surface area contributed by atoms with Crippen molar-refractivity contribution in [2.75, 3.05) is 5.32 Å². The monoisotopic (exact) mass is 303 g/mol. The predicted molar refractivity (Wildman–Crippen MR) is 82.1 cm³/mol. The molecule has 0 radical (unpaired) electrons. The SMILES string of the molecule is Cc1cc(C)c(CNc2cccc(Br)c2)c(C)c1. The smallest absolute Gasteiger partial charge is 0.0406 e. The van der Waals surface area contributed by atoms with E-state index in [4.69, 9.17) is 0 Å². The molecule has 0 atom stereocenters. The Morgan fingerprint density at radius 1 is 1.00 bits per heavy atom. The first-order valence-corrected chi connectivity index (χ1v) is 6.92. The molecule has 18 heavy (non-hydrogen) atoms. The van der Waals surface area contributed by atoms with Gasteiger partial charge in [-0.2, -0.15) is 0 Å². The highest BCUT2D eigenvalue weighted by Gasteiger charge is 2.03. The van der Waals surface area contributed by atoms with Gasteiger partial charge < -0.3 is 5.32 Å². The molecular formula is C16H18BrN. The van der Waals surface area contributed by atoms with Gasteiger partial charge in [-0.3, -0.25) is 0 Å². The van der Waals surface area contributed by atoms with E-state index in [9.17, 15) is 0 Å². The molecule has 0 spiro atoms. The topological polar surface area (TPSA) is 12.0 Å². The van der Waals surface area contributed by atoms with E-state index in [1.807, 2.05) is 12.1 Å². The third-order valence-electron chi connectivity index (χ3n) is 3.13. The fourth-order valence-corrected chi connectivity index (χ4v) is 2.68. The van der Waals surface area contributed by atoms with Gasteiger partial charge in [-0.1, -0.05) is 39.7 Å². The molecule has 0 unspecified atom stereocenters. The molecule has 0 aromatic heterocycles. The van der Waals surface area contributed by atoms with Gasteiger partial charge in [-0.15, -0.1) is 0 Å². The first-order valence-electron chi connectivity index (χ1n) is 6.12. The lowest BCUT2D eigenvalue weighted by Crippen LogP contribution is -2.04. The standard InChI is InChI=1S/C16H18BrN/c1-11-7-12(2)16(13(3)8-11)10-18-15-6-4-5-14(17)9-15/h4-9,18H,10H2,1-3H3. The number of benzene rings is 2. The molecule has 1 N–H and O–H groups in total. The quantitative estimate of drug-likeness (QED) is 0.842. The van der Waals surface area contributed by atoms with Gasteiger partial charge in [0.1, 0.15) is 0 Å². The number of hydrogen-bond acceptors (Lipinski definition) is 1. The van der Waals surface area contributed by atoms with Crippen LogP contribution < -0.4 is 5.32 Å². The Balaban J connectivity index is 2.16. The van der Waals surface area contributed by atoms with Crippen molar-refractivity contribution in [2.45, 2.75) is 27.3 Å². The second kappa shape index (κ2) is 5.57. The molecule has 0 aliphatic heterocycles. The van der Waals surface area contributed by atoms with Crippen molar-refractivity contribution in [3.8, 4) is 0 Å². The average molecular weight is 304 g/mol. The van der Waals surface area contributed by atoms with Crippen LogP contribution in [0.25, 0.3) is 0 Å². The van der Waals surface area contributed by atoms with E-state index in [-0.39, 0.29) is 0 Å². The maximum Gasteiger partial charge on any atom is 0.0406 e.